The first-order valence-electron chi connectivity index (χ1n) is 6.28. The van der Waals surface area contributed by atoms with Crippen LogP contribution in [-0.4, -0.2) is 15.6 Å². The Morgan fingerprint density at radius 1 is 1.45 bits per heavy atom. The van der Waals surface area contributed by atoms with Crippen LogP contribution in [0.4, 0.5) is 0 Å². The highest BCUT2D eigenvalue weighted by molar-refractivity contribution is 6.32. The lowest BCUT2D eigenvalue weighted by atomic mass is 10.2. The molecule has 0 saturated carbocycles. The van der Waals surface area contributed by atoms with Gasteiger partial charge in [0.2, 0.25) is 0 Å². The molecule has 0 aliphatic heterocycles. The lowest BCUT2D eigenvalue weighted by molar-refractivity contribution is 0.299. The second-order valence-electron chi connectivity index (χ2n) is 4.73. The predicted octanol–water partition coefficient (Wildman–Crippen LogP) is 2.98. The van der Waals surface area contributed by atoms with Crippen LogP contribution in [0.2, 0.25) is 5.02 Å². The van der Waals surface area contributed by atoms with Crippen LogP contribution in [0.15, 0.2) is 30.5 Å². The highest BCUT2D eigenvalue weighted by Gasteiger charge is 2.07. The lowest BCUT2D eigenvalue weighted by Crippen LogP contribution is -2.10. The molecule has 0 radical (unpaired) electrons. The predicted molar refractivity (Wildman–Crippen MR) is 79.4 cm³/mol. The van der Waals surface area contributed by atoms with E-state index in [0.29, 0.717) is 29.0 Å². The fourth-order valence-electron chi connectivity index (χ4n) is 1.68. The van der Waals surface area contributed by atoms with Gasteiger partial charge in [-0.25, -0.2) is 0 Å². The fourth-order valence-corrected chi connectivity index (χ4v) is 1.91. The number of amidine groups is 1. The van der Waals surface area contributed by atoms with Gasteiger partial charge in [-0.3, -0.25) is 10.1 Å². The van der Waals surface area contributed by atoms with E-state index in [4.69, 9.17) is 27.5 Å². The van der Waals surface area contributed by atoms with E-state index in [0.717, 1.165) is 5.69 Å². The van der Waals surface area contributed by atoms with Crippen LogP contribution in [0, 0.1) is 5.41 Å². The molecule has 3 N–H and O–H groups in total. The average Bonchev–Trinajstić information content (AvgIpc) is 2.86. The summed E-state index contributed by atoms with van der Waals surface area (Å²) in [6.45, 7) is 4.48. The third-order valence-electron chi connectivity index (χ3n) is 2.81. The van der Waals surface area contributed by atoms with Gasteiger partial charge in [0.05, 0.1) is 10.7 Å². The molecule has 1 aromatic carbocycles. The number of rotatable bonds is 5. The molecule has 20 heavy (non-hydrogen) atoms. The summed E-state index contributed by atoms with van der Waals surface area (Å²) >= 11 is 6.09. The van der Waals surface area contributed by atoms with Crippen molar-refractivity contribution in [1.82, 2.24) is 9.78 Å². The van der Waals surface area contributed by atoms with Crippen molar-refractivity contribution >= 4 is 17.4 Å². The first-order chi connectivity index (χ1) is 9.47. The highest BCUT2D eigenvalue weighted by Crippen LogP contribution is 2.26. The maximum atomic E-state index is 7.35. The van der Waals surface area contributed by atoms with Crippen LogP contribution in [0.5, 0.6) is 5.75 Å². The van der Waals surface area contributed by atoms with Crippen molar-refractivity contribution in [3.05, 3.63) is 46.7 Å². The van der Waals surface area contributed by atoms with Crippen molar-refractivity contribution in [2.75, 3.05) is 0 Å². The van der Waals surface area contributed by atoms with Gasteiger partial charge < -0.3 is 10.5 Å². The quantitative estimate of drug-likeness (QED) is 0.657. The second-order valence-corrected chi connectivity index (χ2v) is 5.14. The van der Waals surface area contributed by atoms with E-state index in [9.17, 15) is 0 Å². The second kappa shape index (κ2) is 5.96. The van der Waals surface area contributed by atoms with E-state index in [1.165, 1.54) is 0 Å². The monoisotopic (exact) mass is 292 g/mol. The molecule has 1 heterocycles. The van der Waals surface area contributed by atoms with Crippen molar-refractivity contribution < 1.29 is 4.74 Å². The molecule has 1 aromatic heterocycles. The summed E-state index contributed by atoms with van der Waals surface area (Å²) in [6.07, 6.45) is 1.92. The molecule has 5 nitrogen and oxygen atoms in total. The summed E-state index contributed by atoms with van der Waals surface area (Å²) in [6, 6.07) is 7.26. The maximum Gasteiger partial charge on any atom is 0.138 e. The Balaban J connectivity index is 2.05. The van der Waals surface area contributed by atoms with Crippen LogP contribution < -0.4 is 10.5 Å². The zero-order valence-corrected chi connectivity index (χ0v) is 12.2. The van der Waals surface area contributed by atoms with Gasteiger partial charge in [0.1, 0.15) is 18.2 Å². The molecule has 2 aromatic rings. The molecule has 0 amide bonds. The number of ether oxygens (including phenoxy) is 1. The average molecular weight is 293 g/mol. The van der Waals surface area contributed by atoms with E-state index in [-0.39, 0.29) is 5.84 Å². The van der Waals surface area contributed by atoms with Crippen molar-refractivity contribution in [2.45, 2.75) is 26.5 Å². The lowest BCUT2D eigenvalue weighted by Gasteiger charge is -2.08. The molecule has 0 aliphatic rings. The molecular weight excluding hydrogens is 276 g/mol. The Morgan fingerprint density at radius 2 is 2.20 bits per heavy atom. The van der Waals surface area contributed by atoms with Crippen LogP contribution in [-0.2, 0) is 6.61 Å². The Labute approximate surface area is 122 Å². The van der Waals surface area contributed by atoms with Crippen LogP contribution >= 0.6 is 11.6 Å². The molecule has 0 unspecified atom stereocenters. The molecule has 106 valence electrons. The summed E-state index contributed by atoms with van der Waals surface area (Å²) in [5, 5.41) is 12.2. The first-order valence-corrected chi connectivity index (χ1v) is 6.66. The number of hydrogen-bond acceptors (Lipinski definition) is 3. The minimum atomic E-state index is -0.0193. The van der Waals surface area contributed by atoms with Crippen LogP contribution in [0.3, 0.4) is 0 Å². The highest BCUT2D eigenvalue weighted by atomic mass is 35.5. The Kier molecular flexibility index (Phi) is 4.29. The van der Waals surface area contributed by atoms with Crippen molar-refractivity contribution in [3.63, 3.8) is 0 Å². The normalized spacial score (nSPS) is 10.8. The number of nitrogens with zero attached hydrogens (tertiary/aromatic N) is 2. The van der Waals surface area contributed by atoms with Gasteiger partial charge in [-0.2, -0.15) is 5.10 Å². The van der Waals surface area contributed by atoms with E-state index in [1.54, 1.807) is 18.2 Å². The van der Waals surface area contributed by atoms with Gasteiger partial charge in [-0.05, 0) is 38.1 Å². The van der Waals surface area contributed by atoms with Gasteiger partial charge in [0.25, 0.3) is 0 Å². The van der Waals surface area contributed by atoms with E-state index in [2.05, 4.69) is 18.9 Å². The zero-order chi connectivity index (χ0) is 14.7. The Morgan fingerprint density at radius 3 is 2.75 bits per heavy atom. The summed E-state index contributed by atoms with van der Waals surface area (Å²) in [5.74, 6) is 0.532. The number of nitrogen functional groups attached to an aromatic ring is 1. The first kappa shape index (κ1) is 14.4. The van der Waals surface area contributed by atoms with Crippen molar-refractivity contribution in [3.8, 4) is 5.75 Å². The largest absolute Gasteiger partial charge is 0.486 e. The van der Waals surface area contributed by atoms with Gasteiger partial charge in [-0.1, -0.05) is 11.6 Å². The number of halogens is 1. The number of nitrogens with one attached hydrogen (secondary N) is 1. The molecule has 0 saturated heterocycles. The number of hydrogen-bond donors (Lipinski definition) is 2. The molecule has 0 spiro atoms. The topological polar surface area (TPSA) is 76.9 Å². The minimum absolute atomic E-state index is 0.0193. The van der Waals surface area contributed by atoms with Crippen LogP contribution in [0.1, 0.15) is 31.1 Å². The van der Waals surface area contributed by atoms with Gasteiger partial charge in [0, 0.05) is 17.8 Å². The summed E-state index contributed by atoms with van der Waals surface area (Å²) in [5.41, 5.74) is 6.81. The molecular formula is C14H17ClN4O. The van der Waals surface area contributed by atoms with Gasteiger partial charge in [0.15, 0.2) is 0 Å². The summed E-state index contributed by atoms with van der Waals surface area (Å²) in [7, 11) is 0. The third kappa shape index (κ3) is 3.30. The Hall–Kier alpha value is -2.01. The summed E-state index contributed by atoms with van der Waals surface area (Å²) < 4.78 is 7.51. The molecule has 6 heteroatoms. The SMILES string of the molecule is CC(C)n1ccc(COc2ccc(C(=N)N)cc2Cl)n1. The van der Waals surface area contributed by atoms with Gasteiger partial charge >= 0.3 is 0 Å². The molecule has 0 atom stereocenters. The van der Waals surface area contributed by atoms with Crippen LogP contribution in [0.25, 0.3) is 0 Å². The smallest absolute Gasteiger partial charge is 0.138 e. The van der Waals surface area contributed by atoms with Gasteiger partial charge in [-0.15, -0.1) is 0 Å². The number of benzene rings is 1. The molecule has 0 aliphatic carbocycles. The zero-order valence-electron chi connectivity index (χ0n) is 11.4. The van der Waals surface area contributed by atoms with Crippen molar-refractivity contribution in [1.29, 1.82) is 5.41 Å². The summed E-state index contributed by atoms with van der Waals surface area (Å²) in [4.78, 5) is 0. The maximum absolute atomic E-state index is 7.35. The Bertz CT molecular complexity index is 621. The van der Waals surface area contributed by atoms with E-state index < -0.39 is 0 Å². The third-order valence-corrected chi connectivity index (χ3v) is 3.11. The standard InChI is InChI=1S/C14H17ClN4O/c1-9(2)19-6-5-11(18-19)8-20-13-4-3-10(14(16)17)7-12(13)15/h3-7,9H,8H2,1-2H3,(H3,16,17). The van der Waals surface area contributed by atoms with Crippen molar-refractivity contribution in [2.24, 2.45) is 5.73 Å². The molecule has 2 rings (SSSR count). The minimum Gasteiger partial charge on any atom is -0.486 e. The fraction of sp³-hybridized carbons (Fsp3) is 0.286. The molecule has 0 fully saturated rings. The number of nitrogens with two attached hydrogens (primary N) is 1. The van der Waals surface area contributed by atoms with E-state index in [1.807, 2.05) is 16.9 Å². The van der Waals surface area contributed by atoms with E-state index >= 15 is 0 Å². The molecule has 0 bridgehead atoms. The number of aromatic nitrogens is 2.